The summed E-state index contributed by atoms with van der Waals surface area (Å²) < 4.78 is 5.36. The summed E-state index contributed by atoms with van der Waals surface area (Å²) in [6, 6.07) is 6.85. The van der Waals surface area contributed by atoms with E-state index in [0.717, 1.165) is 12.8 Å². The molecule has 0 heterocycles. The molecule has 1 fully saturated rings. The van der Waals surface area contributed by atoms with Gasteiger partial charge in [-0.1, -0.05) is 65.7 Å². The minimum atomic E-state index is -0.326. The highest BCUT2D eigenvalue weighted by atomic mass is 16.5. The van der Waals surface area contributed by atoms with Crippen LogP contribution in [0.15, 0.2) is 36.0 Å². The van der Waals surface area contributed by atoms with Gasteiger partial charge in [0.05, 0.1) is 17.7 Å². The summed E-state index contributed by atoms with van der Waals surface area (Å²) in [5, 5.41) is 3.00. The molecule has 170 valence electrons. The number of rotatable bonds is 12. The van der Waals surface area contributed by atoms with Crippen LogP contribution in [0, 0.1) is 5.41 Å². The Labute approximate surface area is 186 Å². The van der Waals surface area contributed by atoms with Gasteiger partial charge < -0.3 is 10.1 Å². The summed E-state index contributed by atoms with van der Waals surface area (Å²) in [4.78, 5) is 36.6. The second-order valence-corrected chi connectivity index (χ2v) is 9.25. The normalized spacial score (nSPS) is 15.6. The molecule has 0 radical (unpaired) electrons. The first-order chi connectivity index (χ1) is 14.8. The Balaban J connectivity index is 1.72. The fraction of sp³-hybridized carbons (Fsp3) is 0.577. The van der Waals surface area contributed by atoms with Gasteiger partial charge in [0.25, 0.3) is 0 Å². The summed E-state index contributed by atoms with van der Waals surface area (Å²) in [5.41, 5.74) is 1.14. The van der Waals surface area contributed by atoms with E-state index in [4.69, 9.17) is 4.74 Å². The number of ketones is 2. The van der Waals surface area contributed by atoms with Crippen molar-refractivity contribution < 1.29 is 19.1 Å². The molecule has 0 amide bonds. The first-order valence-electron chi connectivity index (χ1n) is 11.6. The lowest BCUT2D eigenvalue weighted by Gasteiger charge is -2.28. The van der Waals surface area contributed by atoms with E-state index in [9.17, 15) is 14.4 Å². The Hall–Kier alpha value is -2.43. The number of carbonyl (C=O) groups excluding carboxylic acids is 3. The maximum Gasteiger partial charge on any atom is 0.338 e. The molecule has 0 atom stereocenters. The number of unbranched alkanes of at least 4 members (excludes halogenated alkanes) is 7. The molecule has 1 N–H and O–H groups in total. The van der Waals surface area contributed by atoms with Gasteiger partial charge in [0.1, 0.15) is 0 Å². The SMILES string of the molecule is CCCCCCCCCCOC(=O)c1ccc(NC=C2C(=O)CC(C)(C)CC2=O)cc1. The molecule has 0 aliphatic heterocycles. The van der Waals surface area contributed by atoms with Crippen molar-refractivity contribution in [3.8, 4) is 0 Å². The molecule has 0 spiro atoms. The van der Waals surface area contributed by atoms with Crippen LogP contribution in [0.5, 0.6) is 0 Å². The number of nitrogens with one attached hydrogen (secondary N) is 1. The van der Waals surface area contributed by atoms with E-state index >= 15 is 0 Å². The highest BCUT2D eigenvalue weighted by Gasteiger charge is 2.35. The zero-order valence-corrected chi connectivity index (χ0v) is 19.3. The molecule has 31 heavy (non-hydrogen) atoms. The maximum absolute atomic E-state index is 12.2. The molecular weight excluding hydrogens is 390 g/mol. The maximum atomic E-state index is 12.2. The smallest absolute Gasteiger partial charge is 0.338 e. The number of allylic oxidation sites excluding steroid dienone is 1. The molecule has 2 rings (SSSR count). The predicted octanol–water partition coefficient (Wildman–Crippen LogP) is 6.24. The molecule has 5 nitrogen and oxygen atoms in total. The van der Waals surface area contributed by atoms with Crippen LogP contribution in [0.25, 0.3) is 0 Å². The van der Waals surface area contributed by atoms with Gasteiger partial charge in [0.15, 0.2) is 11.6 Å². The molecule has 1 aliphatic rings. The summed E-state index contributed by atoms with van der Waals surface area (Å²) in [6.45, 7) is 6.53. The van der Waals surface area contributed by atoms with Crippen molar-refractivity contribution in [3.05, 3.63) is 41.6 Å². The van der Waals surface area contributed by atoms with Gasteiger partial charge in [0.2, 0.25) is 0 Å². The number of carbonyl (C=O) groups is 3. The lowest BCUT2D eigenvalue weighted by Crippen LogP contribution is -2.31. The third kappa shape index (κ3) is 8.68. The first kappa shape index (κ1) is 24.8. The summed E-state index contributed by atoms with van der Waals surface area (Å²) in [7, 11) is 0. The molecule has 0 unspecified atom stereocenters. The lowest BCUT2D eigenvalue weighted by atomic mass is 9.74. The quantitative estimate of drug-likeness (QED) is 0.185. The van der Waals surface area contributed by atoms with E-state index in [1.807, 2.05) is 13.8 Å². The van der Waals surface area contributed by atoms with Crippen LogP contribution in [-0.4, -0.2) is 24.1 Å². The van der Waals surface area contributed by atoms with Gasteiger partial charge in [-0.3, -0.25) is 9.59 Å². The number of hydrogen-bond acceptors (Lipinski definition) is 5. The van der Waals surface area contributed by atoms with Crippen LogP contribution in [0.1, 0.15) is 95.3 Å². The fourth-order valence-corrected chi connectivity index (χ4v) is 3.78. The highest BCUT2D eigenvalue weighted by molar-refractivity contribution is 6.22. The third-order valence-electron chi connectivity index (χ3n) is 5.61. The number of benzene rings is 1. The second-order valence-electron chi connectivity index (χ2n) is 9.25. The number of Topliss-reactive ketones (excluding diaryl/α,β-unsaturated/α-hetero) is 2. The number of ether oxygens (including phenoxy) is 1. The summed E-state index contributed by atoms with van der Waals surface area (Å²) in [5.74, 6) is -0.586. The molecule has 1 aromatic carbocycles. The Morgan fingerprint density at radius 2 is 1.48 bits per heavy atom. The first-order valence-corrected chi connectivity index (χ1v) is 11.6. The molecule has 0 aromatic heterocycles. The van der Waals surface area contributed by atoms with Crippen LogP contribution in [0.4, 0.5) is 5.69 Å². The van der Waals surface area contributed by atoms with E-state index in [0.29, 0.717) is 30.7 Å². The van der Waals surface area contributed by atoms with Crippen molar-refractivity contribution in [2.24, 2.45) is 5.41 Å². The van der Waals surface area contributed by atoms with Gasteiger partial charge in [-0.2, -0.15) is 0 Å². The minimum Gasteiger partial charge on any atom is -0.462 e. The van der Waals surface area contributed by atoms with E-state index in [1.165, 1.54) is 44.7 Å². The molecule has 5 heteroatoms. The Kier molecular flexibility index (Phi) is 9.96. The molecule has 1 saturated carbocycles. The van der Waals surface area contributed by atoms with Crippen LogP contribution < -0.4 is 5.32 Å². The second kappa shape index (κ2) is 12.4. The van der Waals surface area contributed by atoms with Crippen molar-refractivity contribution >= 4 is 23.2 Å². The Bertz CT molecular complexity index is 755. The molecule has 0 bridgehead atoms. The molecule has 0 saturated heterocycles. The Morgan fingerprint density at radius 3 is 2.06 bits per heavy atom. The van der Waals surface area contributed by atoms with Crippen molar-refractivity contribution in [1.29, 1.82) is 0 Å². The topological polar surface area (TPSA) is 72.5 Å². The van der Waals surface area contributed by atoms with E-state index in [2.05, 4.69) is 12.2 Å². The molecule has 1 aromatic rings. The third-order valence-corrected chi connectivity index (χ3v) is 5.61. The summed E-state index contributed by atoms with van der Waals surface area (Å²) >= 11 is 0. The zero-order chi connectivity index (χ0) is 22.7. The average Bonchev–Trinajstić information content (AvgIpc) is 2.71. The zero-order valence-electron chi connectivity index (χ0n) is 19.3. The van der Waals surface area contributed by atoms with Crippen molar-refractivity contribution in [3.63, 3.8) is 0 Å². The lowest BCUT2D eigenvalue weighted by molar-refractivity contribution is -0.127. The largest absolute Gasteiger partial charge is 0.462 e. The Morgan fingerprint density at radius 1 is 0.935 bits per heavy atom. The average molecular weight is 428 g/mol. The van der Waals surface area contributed by atoms with E-state index in [-0.39, 0.29) is 28.5 Å². The number of esters is 1. The minimum absolute atomic E-state index is 0.130. The van der Waals surface area contributed by atoms with Crippen molar-refractivity contribution in [1.82, 2.24) is 0 Å². The van der Waals surface area contributed by atoms with Crippen molar-refractivity contribution in [2.45, 2.75) is 85.0 Å². The van der Waals surface area contributed by atoms with Gasteiger partial charge >= 0.3 is 5.97 Å². The van der Waals surface area contributed by atoms with Crippen LogP contribution in [-0.2, 0) is 14.3 Å². The van der Waals surface area contributed by atoms with Gasteiger partial charge in [-0.05, 0) is 36.1 Å². The van der Waals surface area contributed by atoms with Crippen molar-refractivity contribution in [2.75, 3.05) is 11.9 Å². The monoisotopic (exact) mass is 427 g/mol. The number of anilines is 1. The molecular formula is C26H37NO4. The predicted molar refractivity (Wildman–Crippen MR) is 124 cm³/mol. The van der Waals surface area contributed by atoms with E-state index < -0.39 is 0 Å². The van der Waals surface area contributed by atoms with Gasteiger partial charge in [-0.25, -0.2) is 4.79 Å². The standard InChI is InChI=1S/C26H37NO4/c1-4-5-6-7-8-9-10-11-16-31-25(30)20-12-14-21(15-13-20)27-19-22-23(28)17-26(2,3)18-24(22)29/h12-15,19,27H,4-11,16-18H2,1-3H3. The van der Waals surface area contributed by atoms with Crippen LogP contribution in [0.3, 0.4) is 0 Å². The number of hydrogen-bond donors (Lipinski definition) is 1. The molecule has 1 aliphatic carbocycles. The van der Waals surface area contributed by atoms with Crippen LogP contribution >= 0.6 is 0 Å². The van der Waals surface area contributed by atoms with E-state index in [1.54, 1.807) is 24.3 Å². The summed E-state index contributed by atoms with van der Waals surface area (Å²) in [6.07, 6.45) is 11.9. The van der Waals surface area contributed by atoms with Gasteiger partial charge in [-0.15, -0.1) is 0 Å². The highest BCUT2D eigenvalue weighted by Crippen LogP contribution is 2.33. The van der Waals surface area contributed by atoms with Gasteiger partial charge in [0, 0.05) is 24.7 Å². The van der Waals surface area contributed by atoms with Crippen LogP contribution in [0.2, 0.25) is 0 Å². The fourth-order valence-electron chi connectivity index (χ4n) is 3.78.